The van der Waals surface area contributed by atoms with Gasteiger partial charge in [-0.2, -0.15) is 9.40 Å². The van der Waals surface area contributed by atoms with Crippen LogP contribution in [0.15, 0.2) is 42.1 Å². The van der Waals surface area contributed by atoms with E-state index in [0.717, 1.165) is 5.56 Å². The Bertz CT molecular complexity index is 636. The summed E-state index contributed by atoms with van der Waals surface area (Å²) in [7, 11) is -1.98. The molecule has 0 bridgehead atoms. The van der Waals surface area contributed by atoms with Gasteiger partial charge in [0.25, 0.3) is 0 Å². The smallest absolute Gasteiger partial charge is 0.236 e. The van der Waals surface area contributed by atoms with Gasteiger partial charge in [0.1, 0.15) is 12.2 Å². The van der Waals surface area contributed by atoms with Crippen LogP contribution in [-0.2, 0) is 16.6 Å². The molecule has 0 atom stereocenters. The van der Waals surface area contributed by atoms with E-state index in [-0.39, 0.29) is 6.54 Å². The van der Waals surface area contributed by atoms with E-state index in [0.29, 0.717) is 5.82 Å². The Balaban J connectivity index is 2.08. The van der Waals surface area contributed by atoms with E-state index >= 15 is 0 Å². The second kappa shape index (κ2) is 5.77. The molecule has 19 heavy (non-hydrogen) atoms. The summed E-state index contributed by atoms with van der Waals surface area (Å²) >= 11 is 0. The van der Waals surface area contributed by atoms with E-state index in [9.17, 15) is 8.42 Å². The molecule has 0 aliphatic heterocycles. The van der Waals surface area contributed by atoms with Crippen LogP contribution in [-0.4, -0.2) is 35.0 Å². The van der Waals surface area contributed by atoms with E-state index in [1.54, 1.807) is 6.08 Å². The number of hydrogen-bond acceptors (Lipinski definition) is 4. The summed E-state index contributed by atoms with van der Waals surface area (Å²) in [6.45, 7) is 0.154. The highest BCUT2D eigenvalue weighted by Crippen LogP contribution is 2.08. The maximum absolute atomic E-state index is 12.0. The van der Waals surface area contributed by atoms with Crippen molar-refractivity contribution in [2.75, 3.05) is 7.05 Å². The molecule has 7 heteroatoms. The Morgan fingerprint density at radius 2 is 2.05 bits per heavy atom. The molecular weight excluding hydrogens is 264 g/mol. The zero-order valence-electron chi connectivity index (χ0n) is 10.4. The number of rotatable bonds is 5. The van der Waals surface area contributed by atoms with Gasteiger partial charge >= 0.3 is 0 Å². The molecule has 0 saturated carbocycles. The van der Waals surface area contributed by atoms with Gasteiger partial charge in [0.15, 0.2) is 0 Å². The van der Waals surface area contributed by atoms with E-state index < -0.39 is 10.0 Å². The molecule has 2 aromatic rings. The predicted octanol–water partition coefficient (Wildman–Crippen LogP) is 1.24. The van der Waals surface area contributed by atoms with Crippen molar-refractivity contribution in [3.05, 3.63) is 53.5 Å². The molecule has 1 aromatic carbocycles. The molecule has 0 fully saturated rings. The zero-order chi connectivity index (χ0) is 13.7. The number of nitrogens with zero attached hydrogens (tertiary/aromatic N) is 3. The summed E-state index contributed by atoms with van der Waals surface area (Å²) in [6, 6.07) is 9.25. The molecule has 0 aliphatic rings. The van der Waals surface area contributed by atoms with Crippen molar-refractivity contribution >= 4 is 16.1 Å². The first-order chi connectivity index (χ1) is 9.08. The van der Waals surface area contributed by atoms with Crippen molar-refractivity contribution in [3.8, 4) is 0 Å². The fourth-order valence-electron chi connectivity index (χ4n) is 1.44. The van der Waals surface area contributed by atoms with Gasteiger partial charge in [0.05, 0.1) is 6.54 Å². The lowest BCUT2D eigenvalue weighted by Gasteiger charge is -2.12. The van der Waals surface area contributed by atoms with Crippen LogP contribution in [0, 0.1) is 0 Å². The molecule has 6 nitrogen and oxygen atoms in total. The van der Waals surface area contributed by atoms with Gasteiger partial charge in [-0.15, -0.1) is 0 Å². The summed E-state index contributed by atoms with van der Waals surface area (Å²) in [5, 5.41) is 7.48. The van der Waals surface area contributed by atoms with Gasteiger partial charge < -0.3 is 0 Å². The highest BCUT2D eigenvalue weighted by molar-refractivity contribution is 7.92. The largest absolute Gasteiger partial charge is 0.262 e. The SMILES string of the molecule is CN(Cc1ncn[nH]1)S(=O)(=O)C=Cc1ccccc1. The fraction of sp³-hybridized carbons (Fsp3) is 0.167. The first-order valence-corrected chi connectivity index (χ1v) is 7.12. The van der Waals surface area contributed by atoms with Crippen LogP contribution in [0.3, 0.4) is 0 Å². The molecule has 0 aliphatic carbocycles. The maximum atomic E-state index is 12.0. The summed E-state index contributed by atoms with van der Waals surface area (Å²) in [5.74, 6) is 0.499. The Morgan fingerprint density at radius 1 is 1.32 bits per heavy atom. The third-order valence-corrected chi connectivity index (χ3v) is 3.98. The average Bonchev–Trinajstić information content (AvgIpc) is 2.90. The van der Waals surface area contributed by atoms with Crippen molar-refractivity contribution < 1.29 is 8.42 Å². The molecule has 1 N–H and O–H groups in total. The first kappa shape index (κ1) is 13.4. The summed E-state index contributed by atoms with van der Waals surface area (Å²) < 4.78 is 25.2. The van der Waals surface area contributed by atoms with E-state index in [1.165, 1.54) is 23.1 Å². The van der Waals surface area contributed by atoms with Gasteiger partial charge in [-0.05, 0) is 11.6 Å². The van der Waals surface area contributed by atoms with Crippen molar-refractivity contribution in [1.29, 1.82) is 0 Å². The van der Waals surface area contributed by atoms with Crippen LogP contribution in [0.25, 0.3) is 6.08 Å². The third kappa shape index (κ3) is 3.73. The molecule has 0 spiro atoms. The van der Waals surface area contributed by atoms with E-state index in [1.807, 2.05) is 30.3 Å². The molecule has 1 aromatic heterocycles. The van der Waals surface area contributed by atoms with Crippen molar-refractivity contribution in [1.82, 2.24) is 19.5 Å². The molecule has 0 unspecified atom stereocenters. The molecule has 0 amide bonds. The van der Waals surface area contributed by atoms with Gasteiger partial charge in [-0.3, -0.25) is 5.10 Å². The van der Waals surface area contributed by atoms with Crippen LogP contribution in [0.1, 0.15) is 11.4 Å². The second-order valence-corrected chi connectivity index (χ2v) is 5.87. The van der Waals surface area contributed by atoms with E-state index in [2.05, 4.69) is 15.2 Å². The van der Waals surface area contributed by atoms with Gasteiger partial charge in [0, 0.05) is 12.5 Å². The fourth-order valence-corrected chi connectivity index (χ4v) is 2.28. The minimum atomic E-state index is -3.47. The van der Waals surface area contributed by atoms with Crippen LogP contribution in [0.2, 0.25) is 0 Å². The Morgan fingerprint density at radius 3 is 2.68 bits per heavy atom. The lowest BCUT2D eigenvalue weighted by atomic mass is 10.2. The lowest BCUT2D eigenvalue weighted by molar-refractivity contribution is 0.465. The topological polar surface area (TPSA) is 79.0 Å². The first-order valence-electron chi connectivity index (χ1n) is 5.61. The number of aromatic amines is 1. The van der Waals surface area contributed by atoms with Crippen LogP contribution < -0.4 is 0 Å². The zero-order valence-corrected chi connectivity index (χ0v) is 11.2. The lowest BCUT2D eigenvalue weighted by Crippen LogP contribution is -2.24. The third-order valence-electron chi connectivity index (χ3n) is 2.50. The minimum absolute atomic E-state index is 0.154. The molecular formula is C12H14N4O2S. The maximum Gasteiger partial charge on any atom is 0.236 e. The normalized spacial score (nSPS) is 12.3. The van der Waals surface area contributed by atoms with Crippen LogP contribution in [0.5, 0.6) is 0 Å². The van der Waals surface area contributed by atoms with Gasteiger partial charge in [-0.25, -0.2) is 13.4 Å². The highest BCUT2D eigenvalue weighted by atomic mass is 32.2. The molecule has 2 rings (SSSR count). The summed E-state index contributed by atoms with van der Waals surface area (Å²) in [5.41, 5.74) is 0.833. The van der Waals surface area contributed by atoms with Crippen molar-refractivity contribution in [3.63, 3.8) is 0 Å². The number of sulfonamides is 1. The van der Waals surface area contributed by atoms with Crippen molar-refractivity contribution in [2.45, 2.75) is 6.54 Å². The summed E-state index contributed by atoms with van der Waals surface area (Å²) in [4.78, 5) is 3.89. The molecule has 1 heterocycles. The van der Waals surface area contributed by atoms with Crippen LogP contribution in [0.4, 0.5) is 0 Å². The van der Waals surface area contributed by atoms with Crippen molar-refractivity contribution in [2.24, 2.45) is 0 Å². The Kier molecular flexibility index (Phi) is 4.08. The van der Waals surface area contributed by atoms with Crippen LogP contribution >= 0.6 is 0 Å². The number of benzene rings is 1. The molecule has 0 saturated heterocycles. The van der Waals surface area contributed by atoms with Gasteiger partial charge in [-0.1, -0.05) is 30.3 Å². The number of aromatic nitrogens is 3. The Hall–Kier alpha value is -1.99. The Labute approximate surface area is 111 Å². The minimum Gasteiger partial charge on any atom is -0.262 e. The monoisotopic (exact) mass is 278 g/mol. The highest BCUT2D eigenvalue weighted by Gasteiger charge is 2.15. The average molecular weight is 278 g/mol. The molecule has 100 valence electrons. The second-order valence-electron chi connectivity index (χ2n) is 3.95. The van der Waals surface area contributed by atoms with E-state index in [4.69, 9.17) is 0 Å². The quantitative estimate of drug-likeness (QED) is 0.892. The number of hydrogen-bond donors (Lipinski definition) is 1. The summed E-state index contributed by atoms with van der Waals surface area (Å²) in [6.07, 6.45) is 2.90. The van der Waals surface area contributed by atoms with Gasteiger partial charge in [0.2, 0.25) is 10.0 Å². The molecule has 0 radical (unpaired) electrons. The number of H-pyrrole nitrogens is 1. The predicted molar refractivity (Wildman–Crippen MR) is 72.2 cm³/mol. The standard InChI is InChI=1S/C12H14N4O2S/c1-16(9-12-13-10-14-15-12)19(17,18)8-7-11-5-3-2-4-6-11/h2-8,10H,9H2,1H3,(H,13,14,15). The number of nitrogens with one attached hydrogen (secondary N) is 1.